The molecule has 3 atom stereocenters. The van der Waals surface area contributed by atoms with Crippen LogP contribution in [0.4, 0.5) is 0 Å². The molecule has 10 amide bonds. The number of nitrogens with zero attached hydrogens (tertiary/aromatic N) is 6. The molecule has 31 nitrogen and oxygen atoms in total. The van der Waals surface area contributed by atoms with Crippen LogP contribution in [0.15, 0.2) is 124 Å². The minimum Gasteiger partial charge on any atom is -0.477 e. The number of pyridine rings is 1. The molecule has 2 unspecified atom stereocenters. The lowest BCUT2D eigenvalue weighted by Crippen LogP contribution is -2.52. The maximum absolute atomic E-state index is 13.9. The Balaban J connectivity index is 1.16. The standard InChI is InChI=1S/C53H48N16O15S3/c1-10-11-30-50-66-32(16-84-50)43(75)54-14-36-62-33(17-85-36)45(77)60-25(7)51-67-34(18-86-51)46(78)58-23(5)41(73)59-24(6)49-65-31(15-83-49)38-28(52-68-35(19-87-52)47(79)69-37(27(9)70)48(80)64-30)12-13-29(63-38)44(76)57-22(4)40(72)55-20(2)39(71)56-21(3)42(74)61-26(8)53(81)82/h11-13,15-19,25,27,37,70H,2-6,8,10,14H2,1,7,9H3,(H,54,75)(H,55,72)(H,56,71)(H,57,76)(H,58,78)(H,59,73)(H,60,77)(H,61,74)(H,64,80)(H,69,79)(H,81,82)/b30-11+/t25?,27?,37-/m0/s1/i1+1. The molecular formula is C53H48N16O15S3. The monoisotopic (exact) mass is 1250 g/mol. The van der Waals surface area contributed by atoms with E-state index in [4.69, 9.17) is 13.9 Å². The molecule has 0 saturated heterocycles. The average Bonchev–Trinajstić information content (AvgIpc) is 2.00. The molecule has 34 heteroatoms. The number of nitrogens with one attached hydrogen (secondary N) is 10. The summed E-state index contributed by atoms with van der Waals surface area (Å²) in [7, 11) is 0. The Kier molecular flexibility index (Phi) is 20.0. The molecule has 0 radical (unpaired) electrons. The zero-order valence-corrected chi connectivity index (χ0v) is 48.1. The molecule has 6 aromatic heterocycles. The molecule has 7 rings (SSSR count). The van der Waals surface area contributed by atoms with Crippen LogP contribution >= 0.6 is 34.0 Å². The van der Waals surface area contributed by atoms with Gasteiger partial charge in [-0.1, -0.05) is 52.5 Å². The van der Waals surface area contributed by atoms with Crippen LogP contribution in [0, 0.1) is 0 Å². The van der Waals surface area contributed by atoms with E-state index in [2.05, 4.69) is 112 Å². The minimum absolute atomic E-state index is 0.0174. The lowest BCUT2D eigenvalue weighted by molar-refractivity contribution is -0.134. The molecule has 87 heavy (non-hydrogen) atoms. The molecule has 6 aromatic rings. The van der Waals surface area contributed by atoms with E-state index in [1.807, 2.05) is 10.6 Å². The van der Waals surface area contributed by atoms with Gasteiger partial charge in [0, 0.05) is 21.7 Å². The van der Waals surface area contributed by atoms with Crippen molar-refractivity contribution < 1.29 is 71.8 Å². The van der Waals surface area contributed by atoms with Crippen molar-refractivity contribution in [3.05, 3.63) is 165 Å². The first-order chi connectivity index (χ1) is 41.2. The Bertz CT molecular complexity index is 3970. The van der Waals surface area contributed by atoms with Crippen LogP contribution in [0.1, 0.15) is 107 Å². The first-order valence-electron chi connectivity index (χ1n) is 24.8. The number of oxazole rings is 2. The van der Waals surface area contributed by atoms with E-state index in [1.165, 1.54) is 41.3 Å². The van der Waals surface area contributed by atoms with Gasteiger partial charge in [-0.2, -0.15) is 0 Å². The van der Waals surface area contributed by atoms with Gasteiger partial charge in [0.05, 0.1) is 47.2 Å². The van der Waals surface area contributed by atoms with Crippen molar-refractivity contribution in [2.24, 2.45) is 0 Å². The number of aromatic nitrogens is 6. The number of carboxylic acids is 1. The van der Waals surface area contributed by atoms with Crippen molar-refractivity contribution in [1.29, 1.82) is 0 Å². The molecule has 1 aliphatic rings. The third-order valence-electron chi connectivity index (χ3n) is 11.4. The molecule has 7 heterocycles. The van der Waals surface area contributed by atoms with Crippen molar-refractivity contribution in [1.82, 2.24) is 83.1 Å². The number of thiazole rings is 3. The maximum atomic E-state index is 13.9. The second-order valence-electron chi connectivity index (χ2n) is 17.9. The van der Waals surface area contributed by atoms with Crippen molar-refractivity contribution >= 4 is 110 Å². The van der Waals surface area contributed by atoms with Crippen LogP contribution in [0.2, 0.25) is 0 Å². The highest BCUT2D eigenvalue weighted by molar-refractivity contribution is 7.13. The summed E-state index contributed by atoms with van der Waals surface area (Å²) >= 11 is 3.00. The highest BCUT2D eigenvalue weighted by Gasteiger charge is 2.31. The highest BCUT2D eigenvalue weighted by Crippen LogP contribution is 2.34. The summed E-state index contributed by atoms with van der Waals surface area (Å²) in [5.74, 6) is -11.7. The SMILES string of the molecule is C=C(NC(=O)C(=C)NC(=O)C(=C)NC(=O)C(=C)NC(=O)c1ccc2c(n1)-c1coc(n1)C(=C)NC(=O)C(=C)NC(=O)c1csc(n1)C(C)NC(=O)c1csc(n1)CNC(=O)c1coc(n1)/C(=C\C[13CH3])NC(=O)[C@H](C(C)O)NC(=O)c1csc-2n1)C(=O)O. The third kappa shape index (κ3) is 15.7. The van der Waals surface area contributed by atoms with Gasteiger partial charge in [-0.15, -0.1) is 34.0 Å². The van der Waals surface area contributed by atoms with E-state index in [-0.39, 0.29) is 74.5 Å². The first-order valence-corrected chi connectivity index (χ1v) is 27.5. The van der Waals surface area contributed by atoms with Gasteiger partial charge >= 0.3 is 5.97 Å². The Labute approximate surface area is 502 Å². The van der Waals surface area contributed by atoms with E-state index < -0.39 is 117 Å². The number of carbonyl (C=O) groups excluding carboxylic acids is 10. The first kappa shape index (κ1) is 63.4. The van der Waals surface area contributed by atoms with E-state index in [1.54, 1.807) is 13.8 Å². The number of aliphatic hydroxyl groups is 1. The van der Waals surface area contributed by atoms with Gasteiger partial charge in [0.1, 0.15) is 79.1 Å². The Morgan fingerprint density at radius 3 is 1.91 bits per heavy atom. The fraction of sp³-hybridized carbons (Fsp3) is 0.151. The van der Waals surface area contributed by atoms with Crippen molar-refractivity contribution in [2.75, 3.05) is 0 Å². The molecule has 1 aliphatic heterocycles. The normalized spacial score (nSPS) is 16.1. The van der Waals surface area contributed by atoms with Gasteiger partial charge in [-0.25, -0.2) is 34.7 Å². The van der Waals surface area contributed by atoms with Gasteiger partial charge in [-0.3, -0.25) is 47.9 Å². The number of allylic oxidation sites excluding steroid dienone is 1. The van der Waals surface area contributed by atoms with Crippen LogP contribution in [0.25, 0.3) is 33.4 Å². The van der Waals surface area contributed by atoms with Crippen LogP contribution in [0.3, 0.4) is 0 Å². The molecular weight excluding hydrogens is 1200 g/mol. The van der Waals surface area contributed by atoms with Gasteiger partial charge in [0.2, 0.25) is 17.7 Å². The summed E-state index contributed by atoms with van der Waals surface area (Å²) in [6.07, 6.45) is 2.40. The summed E-state index contributed by atoms with van der Waals surface area (Å²) in [6, 6.07) is 0.147. The lowest BCUT2D eigenvalue weighted by atomic mass is 10.1. The summed E-state index contributed by atoms with van der Waals surface area (Å²) in [5, 5.41) is 47.9. The van der Waals surface area contributed by atoms with E-state index in [0.29, 0.717) is 16.4 Å². The lowest BCUT2D eigenvalue weighted by Gasteiger charge is -2.20. The smallest absolute Gasteiger partial charge is 0.351 e. The number of fused-ring (bicyclic) bond motifs is 13. The van der Waals surface area contributed by atoms with E-state index >= 15 is 0 Å². The second kappa shape index (κ2) is 27.4. The fourth-order valence-corrected chi connectivity index (χ4v) is 9.30. The van der Waals surface area contributed by atoms with Crippen LogP contribution in [-0.2, 0) is 35.3 Å². The van der Waals surface area contributed by atoms with Crippen LogP contribution < -0.4 is 53.2 Å². The van der Waals surface area contributed by atoms with Crippen molar-refractivity contribution in [3.63, 3.8) is 0 Å². The third-order valence-corrected chi connectivity index (χ3v) is 14.1. The highest BCUT2D eigenvalue weighted by atomic mass is 32.1. The summed E-state index contributed by atoms with van der Waals surface area (Å²) in [6.45, 7) is 25.3. The molecule has 0 spiro atoms. The molecule has 12 N–H and O–H groups in total. The number of hydrogen-bond donors (Lipinski definition) is 12. The average molecular weight is 1250 g/mol. The number of rotatable bonds is 11. The molecule has 0 aromatic carbocycles. The topological polar surface area (TPSA) is 452 Å². The van der Waals surface area contributed by atoms with Crippen LogP contribution in [0.5, 0.6) is 0 Å². The minimum atomic E-state index is -1.63. The Morgan fingerprint density at radius 1 is 0.667 bits per heavy atom. The fourth-order valence-electron chi connectivity index (χ4n) is 6.96. The predicted octanol–water partition coefficient (Wildman–Crippen LogP) is 1.79. The molecule has 10 bridgehead atoms. The largest absolute Gasteiger partial charge is 0.477 e. The predicted molar refractivity (Wildman–Crippen MR) is 308 cm³/mol. The molecule has 0 aliphatic carbocycles. The molecule has 0 fully saturated rings. The Hall–Kier alpha value is -11.2. The van der Waals surface area contributed by atoms with E-state index in [9.17, 15) is 57.8 Å². The molecule has 448 valence electrons. The van der Waals surface area contributed by atoms with Gasteiger partial charge in [0.15, 0.2) is 5.69 Å². The zero-order valence-electron chi connectivity index (χ0n) is 45.6. The number of carboxylic acid groups (broad SMARTS) is 1. The Morgan fingerprint density at radius 2 is 1.24 bits per heavy atom. The van der Waals surface area contributed by atoms with Gasteiger partial charge in [0.25, 0.3) is 53.2 Å². The number of aliphatic hydroxyl groups excluding tert-OH is 1. The van der Waals surface area contributed by atoms with Crippen LogP contribution in [-0.4, -0.2) is 117 Å². The van der Waals surface area contributed by atoms with Crippen molar-refractivity contribution in [3.8, 4) is 22.0 Å². The maximum Gasteiger partial charge on any atom is 0.351 e. The number of hydrogen-bond acceptors (Lipinski definition) is 23. The number of aliphatic carboxylic acids is 1. The van der Waals surface area contributed by atoms with Crippen molar-refractivity contribution in [2.45, 2.75) is 51.9 Å². The quantitative estimate of drug-likeness (QED) is 0.0650. The number of carbonyl (C=O) groups is 11. The summed E-state index contributed by atoms with van der Waals surface area (Å²) in [4.78, 5) is 170. The van der Waals surface area contributed by atoms with Gasteiger partial charge < -0.3 is 72.2 Å². The number of amides is 10. The molecule has 0 saturated carbocycles. The summed E-state index contributed by atoms with van der Waals surface area (Å²) < 4.78 is 11.2. The van der Waals surface area contributed by atoms with E-state index in [0.717, 1.165) is 46.5 Å². The van der Waals surface area contributed by atoms with Gasteiger partial charge in [-0.05, 0) is 32.4 Å². The summed E-state index contributed by atoms with van der Waals surface area (Å²) in [5.41, 5.74) is -4.68. The second-order valence-corrected chi connectivity index (χ2v) is 20.6. The zero-order chi connectivity index (χ0) is 63.6.